The van der Waals surface area contributed by atoms with E-state index in [4.69, 9.17) is 4.74 Å². The van der Waals surface area contributed by atoms with Gasteiger partial charge in [0, 0.05) is 24.0 Å². The minimum Gasteiger partial charge on any atom is -0.465 e. The number of ether oxygens (including phenoxy) is 1. The maximum atomic E-state index is 13.2. The first kappa shape index (κ1) is 28.6. The summed E-state index contributed by atoms with van der Waals surface area (Å²) in [6.07, 6.45) is 2.01. The second-order valence-corrected chi connectivity index (χ2v) is 9.72. The van der Waals surface area contributed by atoms with Gasteiger partial charge >= 0.3 is 5.97 Å². The van der Waals surface area contributed by atoms with Crippen molar-refractivity contribution in [3.8, 4) is 0 Å². The summed E-state index contributed by atoms with van der Waals surface area (Å²) in [4.78, 5) is 42.0. The zero-order chi connectivity index (χ0) is 28.6. The van der Waals surface area contributed by atoms with E-state index in [1.54, 1.807) is 30.1 Å². The van der Waals surface area contributed by atoms with Crippen molar-refractivity contribution in [2.45, 2.75) is 26.7 Å². The quantitative estimate of drug-likeness (QED) is 0.247. The molecule has 1 heterocycles. The number of esters is 1. The highest BCUT2D eigenvalue weighted by Gasteiger charge is 2.29. The summed E-state index contributed by atoms with van der Waals surface area (Å²) >= 11 is 0. The van der Waals surface area contributed by atoms with Crippen LogP contribution in [0.3, 0.4) is 0 Å². The van der Waals surface area contributed by atoms with Crippen LogP contribution in [-0.2, 0) is 14.3 Å². The predicted molar refractivity (Wildman–Crippen MR) is 160 cm³/mol. The number of benzene rings is 3. The smallest absolute Gasteiger partial charge is 0.337 e. The number of anilines is 3. The molecule has 0 fully saturated rings. The van der Waals surface area contributed by atoms with E-state index in [1.807, 2.05) is 54.6 Å². The van der Waals surface area contributed by atoms with E-state index in [0.717, 1.165) is 42.9 Å². The van der Waals surface area contributed by atoms with Crippen LogP contribution >= 0.6 is 0 Å². The van der Waals surface area contributed by atoms with Crippen LogP contribution < -0.4 is 15.5 Å². The zero-order valence-corrected chi connectivity index (χ0v) is 23.5. The molecule has 2 amide bonds. The average molecular weight is 541 g/mol. The molecule has 3 aromatic carbocycles. The lowest BCUT2D eigenvalue weighted by Gasteiger charge is -2.24. The van der Waals surface area contributed by atoms with Crippen molar-refractivity contribution >= 4 is 46.1 Å². The number of hydrogen-bond acceptors (Lipinski definition) is 6. The Morgan fingerprint density at radius 1 is 0.900 bits per heavy atom. The Labute approximate surface area is 235 Å². The molecule has 0 bridgehead atoms. The second kappa shape index (κ2) is 13.1. The SMILES string of the molecule is CCCN(CCC)CC(=O)N(C)c1ccc(N/C(=C2/C(=O)Nc3cc(C(=O)OC)ccc32)c2ccccc2)cc1. The molecule has 0 atom stereocenters. The zero-order valence-electron chi connectivity index (χ0n) is 23.5. The summed E-state index contributed by atoms with van der Waals surface area (Å²) in [6.45, 7) is 6.42. The first-order valence-corrected chi connectivity index (χ1v) is 13.6. The molecule has 4 rings (SSSR count). The largest absolute Gasteiger partial charge is 0.465 e. The van der Waals surface area contributed by atoms with E-state index in [-0.39, 0.29) is 11.8 Å². The number of carbonyl (C=O) groups excluding carboxylic acids is 3. The van der Waals surface area contributed by atoms with Gasteiger partial charge in [-0.15, -0.1) is 0 Å². The number of carbonyl (C=O) groups is 3. The van der Waals surface area contributed by atoms with Gasteiger partial charge in [0.1, 0.15) is 0 Å². The first-order valence-electron chi connectivity index (χ1n) is 13.6. The minimum absolute atomic E-state index is 0.0419. The monoisotopic (exact) mass is 540 g/mol. The van der Waals surface area contributed by atoms with E-state index in [9.17, 15) is 14.4 Å². The Bertz CT molecular complexity index is 1390. The fraction of sp³-hybridized carbons (Fsp3) is 0.281. The number of methoxy groups -OCH3 is 1. The summed E-state index contributed by atoms with van der Waals surface area (Å²) in [7, 11) is 3.12. The van der Waals surface area contributed by atoms with Crippen LogP contribution in [-0.4, -0.2) is 56.5 Å². The van der Waals surface area contributed by atoms with Gasteiger partial charge in [-0.1, -0.05) is 50.2 Å². The highest BCUT2D eigenvalue weighted by atomic mass is 16.5. The lowest BCUT2D eigenvalue weighted by Crippen LogP contribution is -2.39. The third-order valence-corrected chi connectivity index (χ3v) is 6.83. The topological polar surface area (TPSA) is 91.0 Å². The van der Waals surface area contributed by atoms with Crippen molar-refractivity contribution in [1.29, 1.82) is 0 Å². The molecule has 3 aromatic rings. The Morgan fingerprint density at radius 2 is 1.57 bits per heavy atom. The molecular formula is C32H36N4O4. The van der Waals surface area contributed by atoms with Crippen LogP contribution in [0, 0.1) is 0 Å². The molecule has 0 saturated heterocycles. The number of rotatable bonds is 11. The molecular weight excluding hydrogens is 504 g/mol. The molecule has 0 aliphatic carbocycles. The van der Waals surface area contributed by atoms with Crippen LogP contribution in [0.4, 0.5) is 17.1 Å². The Hall–Kier alpha value is -4.43. The molecule has 1 aliphatic rings. The molecule has 0 spiro atoms. The number of likely N-dealkylation sites (N-methyl/N-ethyl adjacent to an activating group) is 1. The number of hydrogen-bond donors (Lipinski definition) is 2. The maximum Gasteiger partial charge on any atom is 0.337 e. The van der Waals surface area contributed by atoms with Gasteiger partial charge in [0.05, 0.1) is 36.2 Å². The maximum absolute atomic E-state index is 13.2. The van der Waals surface area contributed by atoms with Gasteiger partial charge in [0.2, 0.25) is 5.91 Å². The van der Waals surface area contributed by atoms with Crippen LogP contribution in [0.5, 0.6) is 0 Å². The van der Waals surface area contributed by atoms with Crippen LogP contribution in [0.25, 0.3) is 11.3 Å². The molecule has 0 unspecified atom stereocenters. The number of fused-ring (bicyclic) bond motifs is 1. The third kappa shape index (κ3) is 6.40. The summed E-state index contributed by atoms with van der Waals surface area (Å²) in [5.74, 6) is -0.697. The summed E-state index contributed by atoms with van der Waals surface area (Å²) in [5.41, 5.74) is 5.09. The van der Waals surface area contributed by atoms with Gasteiger partial charge in [-0.05, 0) is 67.9 Å². The normalized spacial score (nSPS) is 13.5. The predicted octanol–water partition coefficient (Wildman–Crippen LogP) is 5.49. The van der Waals surface area contributed by atoms with Gasteiger partial charge in [-0.2, -0.15) is 0 Å². The van der Waals surface area contributed by atoms with E-state index in [1.165, 1.54) is 7.11 Å². The molecule has 0 saturated carbocycles. The van der Waals surface area contributed by atoms with Crippen molar-refractivity contribution in [3.63, 3.8) is 0 Å². The van der Waals surface area contributed by atoms with Crippen molar-refractivity contribution in [3.05, 3.63) is 89.5 Å². The molecule has 0 aromatic heterocycles. The molecule has 1 aliphatic heterocycles. The highest BCUT2D eigenvalue weighted by Crippen LogP contribution is 2.38. The first-order chi connectivity index (χ1) is 19.4. The van der Waals surface area contributed by atoms with Gasteiger partial charge < -0.3 is 20.3 Å². The van der Waals surface area contributed by atoms with E-state index in [2.05, 4.69) is 29.4 Å². The molecule has 208 valence electrons. The fourth-order valence-electron chi connectivity index (χ4n) is 4.81. The van der Waals surface area contributed by atoms with Crippen molar-refractivity contribution in [2.75, 3.05) is 49.3 Å². The highest BCUT2D eigenvalue weighted by molar-refractivity contribution is 6.37. The number of nitrogens with zero attached hydrogens (tertiary/aromatic N) is 2. The third-order valence-electron chi connectivity index (χ3n) is 6.83. The standard InChI is InChI=1S/C32H36N4O4/c1-5-18-36(19-6-2)21-28(37)35(3)25-15-13-24(14-16-25)33-30(22-10-8-7-9-11-22)29-26-17-12-23(32(39)40-4)20-27(26)34-31(29)38/h7-17,20,33H,5-6,18-19,21H2,1-4H3,(H,34,38)/b30-29+. The molecule has 2 N–H and O–H groups in total. The van der Waals surface area contributed by atoms with E-state index in [0.29, 0.717) is 34.6 Å². The average Bonchev–Trinajstić information content (AvgIpc) is 3.30. The van der Waals surface area contributed by atoms with E-state index < -0.39 is 5.97 Å². The summed E-state index contributed by atoms with van der Waals surface area (Å²) in [6, 6.07) is 22.2. The van der Waals surface area contributed by atoms with Gasteiger partial charge in [-0.3, -0.25) is 14.5 Å². The van der Waals surface area contributed by atoms with Gasteiger partial charge in [-0.25, -0.2) is 4.79 Å². The molecule has 8 nitrogen and oxygen atoms in total. The number of nitrogens with one attached hydrogen (secondary N) is 2. The molecule has 8 heteroatoms. The lowest BCUT2D eigenvalue weighted by atomic mass is 9.99. The fourth-order valence-corrected chi connectivity index (χ4v) is 4.81. The van der Waals surface area contributed by atoms with Crippen LogP contribution in [0.2, 0.25) is 0 Å². The van der Waals surface area contributed by atoms with Crippen molar-refractivity contribution < 1.29 is 19.1 Å². The number of amides is 2. The van der Waals surface area contributed by atoms with Gasteiger partial charge in [0.25, 0.3) is 5.91 Å². The summed E-state index contributed by atoms with van der Waals surface area (Å²) < 4.78 is 4.82. The Balaban J connectivity index is 1.62. The Morgan fingerprint density at radius 3 is 2.20 bits per heavy atom. The minimum atomic E-state index is -0.470. The van der Waals surface area contributed by atoms with Crippen molar-refractivity contribution in [2.24, 2.45) is 0 Å². The van der Waals surface area contributed by atoms with Crippen LogP contribution in [0.1, 0.15) is 48.2 Å². The van der Waals surface area contributed by atoms with E-state index >= 15 is 0 Å². The lowest BCUT2D eigenvalue weighted by molar-refractivity contribution is -0.119. The summed E-state index contributed by atoms with van der Waals surface area (Å²) in [5, 5.41) is 6.31. The van der Waals surface area contributed by atoms with Crippen LogP contribution in [0.15, 0.2) is 72.8 Å². The molecule has 0 radical (unpaired) electrons. The van der Waals surface area contributed by atoms with Gasteiger partial charge in [0.15, 0.2) is 0 Å². The molecule has 40 heavy (non-hydrogen) atoms. The Kier molecular flexibility index (Phi) is 9.35. The van der Waals surface area contributed by atoms with Crippen molar-refractivity contribution in [1.82, 2.24) is 4.90 Å². The second-order valence-electron chi connectivity index (χ2n) is 9.72.